The van der Waals surface area contributed by atoms with Crippen LogP contribution in [0.1, 0.15) is 11.1 Å². The fourth-order valence-corrected chi connectivity index (χ4v) is 1.99. The van der Waals surface area contributed by atoms with Gasteiger partial charge < -0.3 is 14.8 Å². The molecule has 1 N–H and O–H groups in total. The van der Waals surface area contributed by atoms with Crippen LogP contribution in [-0.4, -0.2) is 20.3 Å². The number of ether oxygens (including phenoxy) is 2. The van der Waals surface area contributed by atoms with Gasteiger partial charge in [0.15, 0.2) is 0 Å². The monoisotopic (exact) mass is 289 g/mol. The number of nitrogens with one attached hydrogen (secondary N) is 1. The van der Waals surface area contributed by atoms with Crippen LogP contribution in [0.5, 0.6) is 5.75 Å². The molecule has 2 aromatic rings. The Morgan fingerprint density at radius 1 is 1.10 bits per heavy atom. The van der Waals surface area contributed by atoms with E-state index in [-0.39, 0.29) is 5.82 Å². The zero-order valence-electron chi connectivity index (χ0n) is 12.4. The molecule has 3 nitrogen and oxygen atoms in total. The van der Waals surface area contributed by atoms with E-state index < -0.39 is 0 Å². The highest BCUT2D eigenvalue weighted by Crippen LogP contribution is 2.19. The highest BCUT2D eigenvalue weighted by molar-refractivity contribution is 5.49. The molecular formula is C17H20FNO2. The molecule has 0 aliphatic rings. The number of aryl methyl sites for hydroxylation is 1. The summed E-state index contributed by atoms with van der Waals surface area (Å²) in [5.74, 6) is 0.595. The van der Waals surface area contributed by atoms with E-state index in [9.17, 15) is 4.39 Å². The quantitative estimate of drug-likeness (QED) is 0.787. The molecule has 0 radical (unpaired) electrons. The van der Waals surface area contributed by atoms with Crippen LogP contribution in [0, 0.1) is 12.7 Å². The van der Waals surface area contributed by atoms with Crippen molar-refractivity contribution in [2.24, 2.45) is 0 Å². The first-order chi connectivity index (χ1) is 10.2. The number of halogens is 1. The number of rotatable bonds is 7. The zero-order valence-corrected chi connectivity index (χ0v) is 12.4. The molecule has 0 fully saturated rings. The predicted molar refractivity (Wildman–Crippen MR) is 82.3 cm³/mol. The Balaban J connectivity index is 1.95. The molecule has 2 rings (SSSR count). The summed E-state index contributed by atoms with van der Waals surface area (Å²) in [6, 6.07) is 12.6. The van der Waals surface area contributed by atoms with Crippen LogP contribution in [0.2, 0.25) is 0 Å². The average molecular weight is 289 g/mol. The second-order valence-corrected chi connectivity index (χ2v) is 4.79. The van der Waals surface area contributed by atoms with Crippen molar-refractivity contribution >= 4 is 5.69 Å². The maximum absolute atomic E-state index is 13.1. The first-order valence-corrected chi connectivity index (χ1v) is 6.90. The lowest BCUT2D eigenvalue weighted by atomic mass is 10.1. The van der Waals surface area contributed by atoms with Crippen molar-refractivity contribution in [2.45, 2.75) is 13.5 Å². The Morgan fingerprint density at radius 2 is 1.95 bits per heavy atom. The molecule has 0 saturated carbocycles. The molecule has 0 saturated heterocycles. The molecule has 21 heavy (non-hydrogen) atoms. The van der Waals surface area contributed by atoms with Crippen molar-refractivity contribution in [3.8, 4) is 5.75 Å². The lowest BCUT2D eigenvalue weighted by molar-refractivity contribution is 0.146. The highest BCUT2D eigenvalue weighted by atomic mass is 19.1. The molecule has 0 aliphatic heterocycles. The van der Waals surface area contributed by atoms with Gasteiger partial charge in [0.1, 0.15) is 18.2 Å². The largest absolute Gasteiger partial charge is 0.491 e. The molecule has 0 aromatic heterocycles. The van der Waals surface area contributed by atoms with E-state index in [1.807, 2.05) is 31.2 Å². The van der Waals surface area contributed by atoms with Gasteiger partial charge in [0.05, 0.1) is 6.61 Å². The van der Waals surface area contributed by atoms with E-state index in [1.165, 1.54) is 6.07 Å². The molecule has 0 atom stereocenters. The molecule has 0 aliphatic carbocycles. The van der Waals surface area contributed by atoms with E-state index in [0.717, 1.165) is 22.6 Å². The van der Waals surface area contributed by atoms with Crippen molar-refractivity contribution in [3.05, 3.63) is 59.4 Å². The van der Waals surface area contributed by atoms with Crippen LogP contribution < -0.4 is 10.1 Å². The summed E-state index contributed by atoms with van der Waals surface area (Å²) in [6.45, 7) is 3.64. The van der Waals surface area contributed by atoms with Gasteiger partial charge in [0, 0.05) is 25.4 Å². The second-order valence-electron chi connectivity index (χ2n) is 4.79. The van der Waals surface area contributed by atoms with Crippen molar-refractivity contribution in [1.29, 1.82) is 0 Å². The number of methoxy groups -OCH3 is 1. The SMILES string of the molecule is COCCOc1cccc(NCc2ccc(F)cc2C)c1. The lowest BCUT2D eigenvalue weighted by Crippen LogP contribution is -2.05. The fourth-order valence-electron chi connectivity index (χ4n) is 1.99. The normalized spacial score (nSPS) is 10.4. The smallest absolute Gasteiger partial charge is 0.123 e. The summed E-state index contributed by atoms with van der Waals surface area (Å²) < 4.78 is 23.6. The summed E-state index contributed by atoms with van der Waals surface area (Å²) in [5.41, 5.74) is 2.98. The molecule has 0 amide bonds. The minimum Gasteiger partial charge on any atom is -0.491 e. The molecular weight excluding hydrogens is 269 g/mol. The van der Waals surface area contributed by atoms with Gasteiger partial charge in [0.25, 0.3) is 0 Å². The van der Waals surface area contributed by atoms with Crippen LogP contribution in [-0.2, 0) is 11.3 Å². The van der Waals surface area contributed by atoms with Gasteiger partial charge >= 0.3 is 0 Å². The van der Waals surface area contributed by atoms with Crippen LogP contribution in [0.4, 0.5) is 10.1 Å². The minimum atomic E-state index is -0.204. The Morgan fingerprint density at radius 3 is 2.71 bits per heavy atom. The first-order valence-electron chi connectivity index (χ1n) is 6.90. The zero-order chi connectivity index (χ0) is 15.1. The molecule has 0 spiro atoms. The lowest BCUT2D eigenvalue weighted by Gasteiger charge is -2.11. The Labute approximate surface area is 124 Å². The maximum atomic E-state index is 13.1. The van der Waals surface area contributed by atoms with Gasteiger partial charge in [-0.25, -0.2) is 4.39 Å². The summed E-state index contributed by atoms with van der Waals surface area (Å²) in [6.07, 6.45) is 0. The first kappa shape index (κ1) is 15.3. The third-order valence-corrected chi connectivity index (χ3v) is 3.18. The van der Waals surface area contributed by atoms with Gasteiger partial charge in [0.2, 0.25) is 0 Å². The summed E-state index contributed by atoms with van der Waals surface area (Å²) in [7, 11) is 1.65. The topological polar surface area (TPSA) is 30.5 Å². The van der Waals surface area contributed by atoms with Crippen LogP contribution in [0.15, 0.2) is 42.5 Å². The molecule has 112 valence electrons. The Kier molecular flexibility index (Phi) is 5.58. The van der Waals surface area contributed by atoms with E-state index >= 15 is 0 Å². The van der Waals surface area contributed by atoms with Crippen molar-refractivity contribution in [1.82, 2.24) is 0 Å². The van der Waals surface area contributed by atoms with Gasteiger partial charge in [-0.05, 0) is 42.3 Å². The molecule has 0 heterocycles. The van der Waals surface area contributed by atoms with Gasteiger partial charge in [-0.3, -0.25) is 0 Å². The van der Waals surface area contributed by atoms with Crippen molar-refractivity contribution in [3.63, 3.8) is 0 Å². The second kappa shape index (κ2) is 7.64. The third-order valence-electron chi connectivity index (χ3n) is 3.18. The van der Waals surface area contributed by atoms with Crippen molar-refractivity contribution in [2.75, 3.05) is 25.6 Å². The predicted octanol–water partition coefficient (Wildman–Crippen LogP) is 3.77. The number of hydrogen-bond donors (Lipinski definition) is 1. The molecule has 4 heteroatoms. The van der Waals surface area contributed by atoms with Gasteiger partial charge in [-0.1, -0.05) is 12.1 Å². The van der Waals surface area contributed by atoms with Gasteiger partial charge in [-0.2, -0.15) is 0 Å². The number of benzene rings is 2. The number of hydrogen-bond acceptors (Lipinski definition) is 3. The Hall–Kier alpha value is -2.07. The average Bonchev–Trinajstić information content (AvgIpc) is 2.47. The number of anilines is 1. The van der Waals surface area contributed by atoms with Crippen molar-refractivity contribution < 1.29 is 13.9 Å². The third kappa shape index (κ3) is 4.76. The molecule has 0 bridgehead atoms. The van der Waals surface area contributed by atoms with Crippen LogP contribution >= 0.6 is 0 Å². The minimum absolute atomic E-state index is 0.204. The van der Waals surface area contributed by atoms with Crippen LogP contribution in [0.3, 0.4) is 0 Å². The summed E-state index contributed by atoms with van der Waals surface area (Å²) in [5, 5.41) is 3.32. The van der Waals surface area contributed by atoms with E-state index in [2.05, 4.69) is 5.32 Å². The Bertz CT molecular complexity index is 587. The maximum Gasteiger partial charge on any atom is 0.123 e. The highest BCUT2D eigenvalue weighted by Gasteiger charge is 2.01. The molecule has 2 aromatic carbocycles. The standard InChI is InChI=1S/C17H20FNO2/c1-13-10-15(18)7-6-14(13)12-19-16-4-3-5-17(11-16)21-9-8-20-2/h3-7,10-11,19H,8-9,12H2,1-2H3. The van der Waals surface area contributed by atoms with E-state index in [1.54, 1.807) is 19.2 Å². The molecule has 0 unspecified atom stereocenters. The van der Waals surface area contributed by atoms with E-state index in [0.29, 0.717) is 19.8 Å². The van der Waals surface area contributed by atoms with Crippen LogP contribution in [0.25, 0.3) is 0 Å². The van der Waals surface area contributed by atoms with E-state index in [4.69, 9.17) is 9.47 Å². The summed E-state index contributed by atoms with van der Waals surface area (Å²) >= 11 is 0. The fraction of sp³-hybridized carbons (Fsp3) is 0.294. The van der Waals surface area contributed by atoms with Gasteiger partial charge in [-0.15, -0.1) is 0 Å². The summed E-state index contributed by atoms with van der Waals surface area (Å²) in [4.78, 5) is 0.